The first-order chi connectivity index (χ1) is 10.2. The summed E-state index contributed by atoms with van der Waals surface area (Å²) in [5.41, 5.74) is 7.51. The van der Waals surface area contributed by atoms with E-state index in [4.69, 9.17) is 17.3 Å². The molecule has 0 aliphatic rings. The van der Waals surface area contributed by atoms with Crippen molar-refractivity contribution >= 4 is 39.1 Å². The molecule has 0 aliphatic carbocycles. The Hall–Kier alpha value is -0.950. The van der Waals surface area contributed by atoms with Crippen molar-refractivity contribution in [3.05, 3.63) is 45.4 Å². The molecule has 2 atom stereocenters. The standard InChI is InChI=1S/C15H20ClN3OS2/c1-9-13(21-14(17)18-9)12(19-22(20)15(2,3)4)10-7-5-6-8-11(10)16/h5-8,12,19H,1-4H3,(H2,17,18)/t12?,22-/m1/s1. The number of nitrogens with one attached hydrogen (secondary N) is 1. The number of rotatable bonds is 4. The molecule has 0 bridgehead atoms. The van der Waals surface area contributed by atoms with Gasteiger partial charge in [-0.1, -0.05) is 29.8 Å². The Labute approximate surface area is 142 Å². The molecule has 4 nitrogen and oxygen atoms in total. The lowest BCUT2D eigenvalue weighted by atomic mass is 10.1. The van der Waals surface area contributed by atoms with Crippen LogP contribution in [0.5, 0.6) is 0 Å². The van der Waals surface area contributed by atoms with Crippen molar-refractivity contribution in [1.29, 1.82) is 0 Å². The first kappa shape index (κ1) is 17.4. The van der Waals surface area contributed by atoms with Gasteiger partial charge in [0.05, 0.1) is 32.3 Å². The highest BCUT2D eigenvalue weighted by molar-refractivity contribution is 7.84. The van der Waals surface area contributed by atoms with E-state index in [1.165, 1.54) is 11.3 Å². The monoisotopic (exact) mass is 357 g/mol. The minimum absolute atomic E-state index is 0.302. The first-order valence-corrected chi connectivity index (χ1v) is 9.20. The van der Waals surface area contributed by atoms with Gasteiger partial charge in [-0.05, 0) is 39.3 Å². The fourth-order valence-corrected chi connectivity index (χ4v) is 3.99. The number of hydrogen-bond donors (Lipinski definition) is 2. The lowest BCUT2D eigenvalue weighted by Gasteiger charge is -2.24. The SMILES string of the molecule is Cc1nc(N)sc1C(N[S@](=O)C(C)(C)C)c1ccccc1Cl. The van der Waals surface area contributed by atoms with Crippen LogP contribution in [0.4, 0.5) is 5.13 Å². The summed E-state index contributed by atoms with van der Waals surface area (Å²) in [7, 11) is -1.25. The van der Waals surface area contributed by atoms with E-state index in [9.17, 15) is 4.21 Å². The molecular weight excluding hydrogens is 338 g/mol. The summed E-state index contributed by atoms with van der Waals surface area (Å²) in [5, 5.41) is 1.12. The predicted octanol–water partition coefficient (Wildman–Crippen LogP) is 3.83. The molecule has 0 spiro atoms. The maximum absolute atomic E-state index is 12.6. The maximum atomic E-state index is 12.6. The predicted molar refractivity (Wildman–Crippen MR) is 95.6 cm³/mol. The van der Waals surface area contributed by atoms with Crippen LogP contribution in [-0.4, -0.2) is 13.9 Å². The molecule has 22 heavy (non-hydrogen) atoms. The van der Waals surface area contributed by atoms with Crippen LogP contribution in [0.25, 0.3) is 0 Å². The van der Waals surface area contributed by atoms with Gasteiger partial charge in [0.1, 0.15) is 0 Å². The maximum Gasteiger partial charge on any atom is 0.180 e. The van der Waals surface area contributed by atoms with Crippen LogP contribution in [-0.2, 0) is 11.0 Å². The molecule has 1 unspecified atom stereocenters. The normalized spacial score (nSPS) is 14.8. The molecule has 0 radical (unpaired) electrons. The van der Waals surface area contributed by atoms with E-state index in [0.717, 1.165) is 16.1 Å². The van der Waals surface area contributed by atoms with Crippen molar-refractivity contribution in [2.45, 2.75) is 38.5 Å². The fourth-order valence-electron chi connectivity index (χ4n) is 1.95. The molecule has 1 heterocycles. The number of benzene rings is 1. The number of hydrogen-bond acceptors (Lipinski definition) is 4. The average Bonchev–Trinajstić information content (AvgIpc) is 2.74. The van der Waals surface area contributed by atoms with Gasteiger partial charge in [0.25, 0.3) is 0 Å². The van der Waals surface area contributed by atoms with Crippen molar-refractivity contribution in [3.63, 3.8) is 0 Å². The van der Waals surface area contributed by atoms with Crippen molar-refractivity contribution in [1.82, 2.24) is 9.71 Å². The van der Waals surface area contributed by atoms with E-state index in [0.29, 0.717) is 10.2 Å². The summed E-state index contributed by atoms with van der Waals surface area (Å²) in [5.74, 6) is 0. The van der Waals surface area contributed by atoms with Gasteiger partial charge in [0.2, 0.25) is 0 Å². The van der Waals surface area contributed by atoms with Gasteiger partial charge < -0.3 is 5.73 Å². The largest absolute Gasteiger partial charge is 0.375 e. The Morgan fingerprint density at radius 1 is 1.36 bits per heavy atom. The highest BCUT2D eigenvalue weighted by atomic mass is 35.5. The lowest BCUT2D eigenvalue weighted by Crippen LogP contribution is -2.36. The second kappa shape index (κ2) is 6.66. The van der Waals surface area contributed by atoms with Crippen LogP contribution in [0.3, 0.4) is 0 Å². The second-order valence-electron chi connectivity index (χ2n) is 5.96. The zero-order valence-electron chi connectivity index (χ0n) is 13.0. The average molecular weight is 358 g/mol. The van der Waals surface area contributed by atoms with Crippen molar-refractivity contribution in [3.8, 4) is 0 Å². The molecule has 0 saturated carbocycles. The van der Waals surface area contributed by atoms with Crippen LogP contribution >= 0.6 is 22.9 Å². The van der Waals surface area contributed by atoms with Crippen LogP contribution in [0.15, 0.2) is 24.3 Å². The molecular formula is C15H20ClN3OS2. The number of aryl methyl sites for hydroxylation is 1. The highest BCUT2D eigenvalue weighted by Gasteiger charge is 2.28. The molecule has 0 fully saturated rings. The Balaban J connectivity index is 2.48. The Bertz CT molecular complexity index is 694. The van der Waals surface area contributed by atoms with E-state index in [1.54, 1.807) is 0 Å². The van der Waals surface area contributed by atoms with Crippen molar-refractivity contribution in [2.75, 3.05) is 5.73 Å². The molecule has 120 valence electrons. The molecule has 2 aromatic rings. The molecule has 3 N–H and O–H groups in total. The van der Waals surface area contributed by atoms with Gasteiger partial charge in [0.15, 0.2) is 5.13 Å². The summed E-state index contributed by atoms with van der Waals surface area (Å²) in [6, 6.07) is 7.23. The Morgan fingerprint density at radius 2 is 2.00 bits per heavy atom. The molecule has 1 aromatic carbocycles. The number of halogens is 1. The van der Waals surface area contributed by atoms with E-state index < -0.39 is 11.0 Å². The third-order valence-electron chi connectivity index (χ3n) is 3.11. The highest BCUT2D eigenvalue weighted by Crippen LogP contribution is 2.35. The van der Waals surface area contributed by atoms with Crippen LogP contribution in [0.2, 0.25) is 5.02 Å². The minimum Gasteiger partial charge on any atom is -0.375 e. The molecule has 0 amide bonds. The van der Waals surface area contributed by atoms with Crippen LogP contribution in [0, 0.1) is 6.92 Å². The molecule has 0 aliphatic heterocycles. The Kier molecular flexibility index (Phi) is 5.27. The van der Waals surface area contributed by atoms with Crippen molar-refractivity contribution < 1.29 is 4.21 Å². The molecule has 7 heteroatoms. The summed E-state index contributed by atoms with van der Waals surface area (Å²) in [4.78, 5) is 5.20. The van der Waals surface area contributed by atoms with E-state index in [-0.39, 0.29) is 10.8 Å². The van der Waals surface area contributed by atoms with Gasteiger partial charge in [0, 0.05) is 5.02 Å². The number of anilines is 1. The van der Waals surface area contributed by atoms with Crippen molar-refractivity contribution in [2.24, 2.45) is 0 Å². The third-order valence-corrected chi connectivity index (χ3v) is 6.07. The quantitative estimate of drug-likeness (QED) is 0.873. The van der Waals surface area contributed by atoms with Crippen LogP contribution < -0.4 is 10.5 Å². The summed E-state index contributed by atoms with van der Waals surface area (Å²) in [6.07, 6.45) is 0. The molecule has 1 aromatic heterocycles. The fraction of sp³-hybridized carbons (Fsp3) is 0.400. The van der Waals surface area contributed by atoms with E-state index >= 15 is 0 Å². The number of nitrogens with zero attached hydrogens (tertiary/aromatic N) is 1. The lowest BCUT2D eigenvalue weighted by molar-refractivity contribution is 0.624. The summed E-state index contributed by atoms with van der Waals surface area (Å²) < 4.78 is 15.4. The van der Waals surface area contributed by atoms with Crippen LogP contribution in [0.1, 0.15) is 42.9 Å². The number of thiazole rings is 1. The van der Waals surface area contributed by atoms with E-state index in [1.807, 2.05) is 52.0 Å². The number of aromatic nitrogens is 1. The number of nitrogen functional groups attached to an aromatic ring is 1. The smallest absolute Gasteiger partial charge is 0.180 e. The molecule has 0 saturated heterocycles. The minimum atomic E-state index is -1.25. The topological polar surface area (TPSA) is 68.0 Å². The van der Waals surface area contributed by atoms with Gasteiger partial charge in [-0.3, -0.25) is 0 Å². The summed E-state index contributed by atoms with van der Waals surface area (Å²) in [6.45, 7) is 7.67. The zero-order chi connectivity index (χ0) is 16.5. The third kappa shape index (κ3) is 3.87. The Morgan fingerprint density at radius 3 is 2.50 bits per heavy atom. The van der Waals surface area contributed by atoms with E-state index in [2.05, 4.69) is 9.71 Å². The summed E-state index contributed by atoms with van der Waals surface area (Å²) >= 11 is 7.73. The van der Waals surface area contributed by atoms with Gasteiger partial charge in [-0.2, -0.15) is 0 Å². The molecule has 2 rings (SSSR count). The second-order valence-corrected chi connectivity index (χ2v) is 9.42. The van der Waals surface area contributed by atoms with Gasteiger partial charge >= 0.3 is 0 Å². The first-order valence-electron chi connectivity index (χ1n) is 6.85. The zero-order valence-corrected chi connectivity index (χ0v) is 15.4. The number of nitrogens with two attached hydrogens (primary N) is 1. The van der Waals surface area contributed by atoms with Gasteiger partial charge in [-0.15, -0.1) is 11.3 Å². The van der Waals surface area contributed by atoms with Gasteiger partial charge in [-0.25, -0.2) is 13.9 Å².